The highest BCUT2D eigenvalue weighted by Gasteiger charge is 2.40. The normalized spacial score (nSPS) is 12.2. The van der Waals surface area contributed by atoms with Gasteiger partial charge in [-0.15, -0.1) is 0 Å². The van der Waals surface area contributed by atoms with Crippen LogP contribution in [0.5, 0.6) is 0 Å². The molecule has 0 aliphatic rings. The van der Waals surface area contributed by atoms with Gasteiger partial charge >= 0.3 is 12.6 Å². The van der Waals surface area contributed by atoms with Crippen molar-refractivity contribution in [3.05, 3.63) is 29.8 Å². The molecule has 0 fully saturated rings. The summed E-state index contributed by atoms with van der Waals surface area (Å²) in [5, 5.41) is 17.3. The minimum atomic E-state index is -5.33. The standard InChI is InChI=1S/C7H6N2O2S.C2HF5.H3NO2S/c8-5-6-1-3-7(4-2-6)12(9,10)11;3-1(4)2(5,6)7;1-4(2)3/h1-4H,(H2,9,10,11);1H;1H2,(H,2,3)/p-1. The third-order valence-electron chi connectivity index (χ3n) is 1.56. The number of benzene rings is 1. The number of nitrogens with two attached hydrogens (primary N) is 2. The van der Waals surface area contributed by atoms with E-state index in [1.807, 2.05) is 6.07 Å². The van der Waals surface area contributed by atoms with Gasteiger partial charge < -0.3 is 4.55 Å². The number of rotatable bonds is 1. The molecule has 1 aromatic carbocycles. The van der Waals surface area contributed by atoms with Crippen LogP contribution in [0.2, 0.25) is 0 Å². The van der Waals surface area contributed by atoms with Crippen molar-refractivity contribution in [2.45, 2.75) is 17.5 Å². The Morgan fingerprint density at radius 2 is 1.52 bits per heavy atom. The van der Waals surface area contributed by atoms with Gasteiger partial charge in [-0.25, -0.2) is 22.3 Å². The Morgan fingerprint density at radius 3 is 1.70 bits per heavy atom. The van der Waals surface area contributed by atoms with Crippen molar-refractivity contribution < 1.29 is 39.1 Å². The highest BCUT2D eigenvalue weighted by Crippen LogP contribution is 2.22. The van der Waals surface area contributed by atoms with Crippen molar-refractivity contribution >= 4 is 21.3 Å². The quantitative estimate of drug-likeness (QED) is 0.543. The second kappa shape index (κ2) is 10.2. The SMILES string of the molecule is FC(F)C(F)(F)F.N#Cc1ccc(S(N)(=O)=O)cc1.NS(=O)[O-]. The molecule has 14 heteroatoms. The number of primary sulfonamides is 1. The van der Waals surface area contributed by atoms with Crippen molar-refractivity contribution in [2.24, 2.45) is 10.3 Å². The van der Waals surface area contributed by atoms with E-state index in [4.69, 9.17) is 19.2 Å². The number of nitriles is 1. The summed E-state index contributed by atoms with van der Waals surface area (Å²) in [6.45, 7) is 0. The first-order valence-electron chi connectivity index (χ1n) is 4.93. The first-order chi connectivity index (χ1) is 10.2. The Hall–Kier alpha value is -1.66. The molecule has 4 N–H and O–H groups in total. The number of halogens is 5. The van der Waals surface area contributed by atoms with Crippen molar-refractivity contribution in [1.29, 1.82) is 5.26 Å². The molecule has 1 atom stereocenters. The summed E-state index contributed by atoms with van der Waals surface area (Å²) in [4.78, 5) is 0.0153. The highest BCUT2D eigenvalue weighted by molar-refractivity contribution is 7.89. The molecule has 1 unspecified atom stereocenters. The van der Waals surface area contributed by atoms with Gasteiger partial charge in [0, 0.05) is 11.3 Å². The van der Waals surface area contributed by atoms with Crippen LogP contribution in [-0.2, 0) is 21.3 Å². The van der Waals surface area contributed by atoms with Crippen molar-refractivity contribution in [3.8, 4) is 6.07 Å². The molecule has 0 saturated carbocycles. The van der Waals surface area contributed by atoms with Crippen LogP contribution in [-0.4, -0.2) is 29.8 Å². The number of sulfonamides is 1. The summed E-state index contributed by atoms with van der Waals surface area (Å²) in [5.41, 5.74) is 0.405. The average Bonchev–Trinajstić information content (AvgIpc) is 2.36. The molecule has 0 heterocycles. The Morgan fingerprint density at radius 1 is 1.22 bits per heavy atom. The zero-order valence-corrected chi connectivity index (χ0v) is 12.5. The summed E-state index contributed by atoms with van der Waals surface area (Å²) >= 11 is -2.36. The molecule has 0 aromatic heterocycles. The van der Waals surface area contributed by atoms with E-state index < -0.39 is 33.9 Å². The van der Waals surface area contributed by atoms with Crippen LogP contribution < -0.4 is 10.3 Å². The lowest BCUT2D eigenvalue weighted by Crippen LogP contribution is -2.18. The van der Waals surface area contributed by atoms with Gasteiger partial charge in [-0.05, 0) is 24.3 Å². The minimum Gasteiger partial charge on any atom is -0.760 e. The third kappa shape index (κ3) is 13.7. The zero-order valence-electron chi connectivity index (χ0n) is 10.8. The zero-order chi connectivity index (χ0) is 18.8. The van der Waals surface area contributed by atoms with Gasteiger partial charge in [0.15, 0.2) is 0 Å². The van der Waals surface area contributed by atoms with Gasteiger partial charge in [-0.2, -0.15) is 18.4 Å². The fourth-order valence-electron chi connectivity index (χ4n) is 0.719. The molecule has 7 nitrogen and oxygen atoms in total. The lowest BCUT2D eigenvalue weighted by atomic mass is 10.2. The summed E-state index contributed by atoms with van der Waals surface area (Å²) in [7, 11) is -3.64. The van der Waals surface area contributed by atoms with Gasteiger partial charge in [0.2, 0.25) is 10.0 Å². The number of nitrogens with zero attached hydrogens (tertiary/aromatic N) is 1. The Kier molecular flexibility index (Phi) is 10.4. The van der Waals surface area contributed by atoms with E-state index in [2.05, 4.69) is 5.14 Å². The second-order valence-corrected chi connectivity index (χ2v) is 5.37. The maximum absolute atomic E-state index is 10.7. The van der Waals surface area contributed by atoms with Crippen LogP contribution in [0.25, 0.3) is 0 Å². The van der Waals surface area contributed by atoms with Gasteiger partial charge in [-0.1, -0.05) is 0 Å². The molecule has 1 rings (SSSR count). The van der Waals surface area contributed by atoms with E-state index >= 15 is 0 Å². The highest BCUT2D eigenvalue weighted by atomic mass is 32.2. The predicted octanol–water partition coefficient (Wildman–Crippen LogP) is 0.759. The maximum Gasteiger partial charge on any atom is 0.450 e. The molecule has 1 aromatic rings. The molecule has 0 saturated heterocycles. The van der Waals surface area contributed by atoms with Crippen molar-refractivity contribution in [2.75, 3.05) is 0 Å². The van der Waals surface area contributed by atoms with E-state index in [1.54, 1.807) is 0 Å². The number of alkyl halides is 5. The third-order valence-corrected chi connectivity index (χ3v) is 2.49. The first-order valence-corrected chi connectivity index (χ1v) is 7.61. The van der Waals surface area contributed by atoms with E-state index in [0.29, 0.717) is 5.56 Å². The van der Waals surface area contributed by atoms with Crippen LogP contribution in [0, 0.1) is 11.3 Å². The molecule has 132 valence electrons. The fourth-order valence-corrected chi connectivity index (χ4v) is 1.23. The summed E-state index contributed by atoms with van der Waals surface area (Å²) in [5.74, 6) is 0. The molecular weight excluding hydrogens is 373 g/mol. The van der Waals surface area contributed by atoms with Crippen LogP contribution in [0.3, 0.4) is 0 Å². The molecule has 0 aliphatic heterocycles. The second-order valence-electron chi connectivity index (χ2n) is 3.28. The molecule has 0 bridgehead atoms. The van der Waals surface area contributed by atoms with Crippen LogP contribution in [0.1, 0.15) is 5.56 Å². The summed E-state index contributed by atoms with van der Waals surface area (Å²) in [6, 6.07) is 7.27. The Balaban J connectivity index is 0. The monoisotopic (exact) mass is 382 g/mol. The number of hydrogen-bond donors (Lipinski definition) is 2. The molecule has 0 amide bonds. The molecular formula is C9H9F5N3O4S2-. The fraction of sp³-hybridized carbons (Fsp3) is 0.222. The number of hydrogen-bond acceptors (Lipinski definition) is 5. The lowest BCUT2D eigenvalue weighted by molar-refractivity contribution is -0.219. The van der Waals surface area contributed by atoms with E-state index in [0.717, 1.165) is 0 Å². The van der Waals surface area contributed by atoms with Gasteiger partial charge in [0.1, 0.15) is 0 Å². The van der Waals surface area contributed by atoms with Crippen molar-refractivity contribution in [1.82, 2.24) is 0 Å². The van der Waals surface area contributed by atoms with E-state index in [9.17, 15) is 30.4 Å². The summed E-state index contributed by atoms with van der Waals surface area (Å²) in [6.07, 6.45) is -9.53. The minimum absolute atomic E-state index is 0.0153. The van der Waals surface area contributed by atoms with Crippen LogP contribution in [0.4, 0.5) is 22.0 Å². The molecule has 0 aliphatic carbocycles. The summed E-state index contributed by atoms with van der Waals surface area (Å²) < 4.78 is 91.1. The van der Waals surface area contributed by atoms with Crippen LogP contribution in [0.15, 0.2) is 29.2 Å². The predicted molar refractivity (Wildman–Crippen MR) is 67.7 cm³/mol. The Labute approximate surface area is 130 Å². The molecule has 0 spiro atoms. The topological polar surface area (TPSA) is 150 Å². The van der Waals surface area contributed by atoms with Gasteiger partial charge in [0.25, 0.3) is 0 Å². The molecule has 0 radical (unpaired) electrons. The van der Waals surface area contributed by atoms with Gasteiger partial charge in [0.05, 0.1) is 16.5 Å². The maximum atomic E-state index is 10.7. The van der Waals surface area contributed by atoms with E-state index in [1.165, 1.54) is 24.3 Å². The van der Waals surface area contributed by atoms with Gasteiger partial charge in [-0.3, -0.25) is 9.35 Å². The lowest BCUT2D eigenvalue weighted by Gasteiger charge is -2.00. The van der Waals surface area contributed by atoms with Crippen molar-refractivity contribution in [3.63, 3.8) is 0 Å². The van der Waals surface area contributed by atoms with Crippen LogP contribution >= 0.6 is 0 Å². The largest absolute Gasteiger partial charge is 0.760 e. The average molecular weight is 382 g/mol. The molecule has 23 heavy (non-hydrogen) atoms. The smallest absolute Gasteiger partial charge is 0.450 e. The van der Waals surface area contributed by atoms with E-state index in [-0.39, 0.29) is 4.90 Å². The first kappa shape index (κ1) is 23.6. The Bertz CT molecular complexity index is 637.